The molecule has 1 N–H and O–H groups in total. The lowest BCUT2D eigenvalue weighted by molar-refractivity contribution is 0.566. The van der Waals surface area contributed by atoms with Crippen molar-refractivity contribution in [2.24, 2.45) is 0 Å². The summed E-state index contributed by atoms with van der Waals surface area (Å²) in [5.41, 5.74) is 0.631. The first-order valence-electron chi connectivity index (χ1n) is 6.78. The molecule has 24 heavy (non-hydrogen) atoms. The van der Waals surface area contributed by atoms with Crippen molar-refractivity contribution in [1.82, 2.24) is 4.72 Å². The normalized spacial score (nSPS) is 13.7. The van der Waals surface area contributed by atoms with Gasteiger partial charge < -0.3 is 0 Å². The van der Waals surface area contributed by atoms with E-state index in [1.807, 2.05) is 0 Å². The third-order valence-corrected chi connectivity index (χ3v) is 6.75. The Balaban J connectivity index is 2.24. The van der Waals surface area contributed by atoms with Gasteiger partial charge in [0.2, 0.25) is 10.0 Å². The first-order chi connectivity index (χ1) is 11.0. The summed E-state index contributed by atoms with van der Waals surface area (Å²) in [7, 11) is -7.09. The Hall–Kier alpha value is -1.12. The molecule has 0 saturated carbocycles. The van der Waals surface area contributed by atoms with Crippen molar-refractivity contribution in [2.45, 2.75) is 22.8 Å². The Bertz CT molecular complexity index is 955. The van der Waals surface area contributed by atoms with Crippen molar-refractivity contribution in [3.05, 3.63) is 58.1 Å². The van der Waals surface area contributed by atoms with Crippen LogP contribution in [0.1, 0.15) is 18.5 Å². The molecule has 0 aliphatic rings. The maximum absolute atomic E-state index is 12.4. The van der Waals surface area contributed by atoms with Crippen LogP contribution in [0.5, 0.6) is 0 Å². The maximum Gasteiger partial charge on any atom is 0.241 e. The van der Waals surface area contributed by atoms with E-state index in [1.54, 1.807) is 19.1 Å². The molecule has 9 heteroatoms. The Morgan fingerprint density at radius 2 is 1.42 bits per heavy atom. The molecule has 0 aliphatic heterocycles. The van der Waals surface area contributed by atoms with Crippen molar-refractivity contribution < 1.29 is 16.8 Å². The number of hydrogen-bond acceptors (Lipinski definition) is 4. The lowest BCUT2D eigenvalue weighted by atomic mass is 10.1. The molecule has 0 aromatic heterocycles. The van der Waals surface area contributed by atoms with Crippen LogP contribution in [0.2, 0.25) is 10.0 Å². The number of sulfonamides is 1. The van der Waals surface area contributed by atoms with E-state index in [0.717, 1.165) is 6.26 Å². The Morgan fingerprint density at radius 1 is 0.875 bits per heavy atom. The Labute approximate surface area is 151 Å². The molecule has 0 saturated heterocycles. The van der Waals surface area contributed by atoms with Gasteiger partial charge in [-0.05, 0) is 42.8 Å². The lowest BCUT2D eigenvalue weighted by Crippen LogP contribution is -2.26. The van der Waals surface area contributed by atoms with Crippen LogP contribution < -0.4 is 4.72 Å². The molecule has 0 amide bonds. The molecule has 1 atom stereocenters. The highest BCUT2D eigenvalue weighted by Crippen LogP contribution is 2.26. The van der Waals surface area contributed by atoms with Crippen LogP contribution in [0.15, 0.2) is 52.3 Å². The predicted octanol–water partition coefficient (Wildman–Crippen LogP) is 3.44. The fourth-order valence-corrected chi connectivity index (χ4v) is 4.27. The molecule has 0 heterocycles. The monoisotopic (exact) mass is 407 g/mol. The van der Waals surface area contributed by atoms with Gasteiger partial charge in [0.1, 0.15) is 0 Å². The summed E-state index contributed by atoms with van der Waals surface area (Å²) in [5, 5.41) is 0.407. The van der Waals surface area contributed by atoms with Crippen molar-refractivity contribution in [3.63, 3.8) is 0 Å². The van der Waals surface area contributed by atoms with E-state index in [1.165, 1.54) is 30.3 Å². The first-order valence-corrected chi connectivity index (χ1v) is 10.9. The first kappa shape index (κ1) is 19.2. The summed E-state index contributed by atoms with van der Waals surface area (Å²) in [4.78, 5) is 0.169. The molecular weight excluding hydrogens is 393 g/mol. The number of halogens is 2. The summed E-state index contributed by atoms with van der Waals surface area (Å²) in [6.45, 7) is 1.66. The van der Waals surface area contributed by atoms with Gasteiger partial charge in [-0.15, -0.1) is 0 Å². The summed E-state index contributed by atoms with van der Waals surface area (Å²) in [6.07, 6.45) is 1.11. The largest absolute Gasteiger partial charge is 0.241 e. The molecule has 0 bridgehead atoms. The summed E-state index contributed by atoms with van der Waals surface area (Å²) < 4.78 is 50.2. The van der Waals surface area contributed by atoms with Crippen molar-refractivity contribution in [3.8, 4) is 0 Å². The minimum absolute atomic E-state index is 0.00324. The second-order valence-corrected chi connectivity index (χ2v) is 9.80. The quantitative estimate of drug-likeness (QED) is 0.822. The molecule has 5 nitrogen and oxygen atoms in total. The Kier molecular flexibility index (Phi) is 5.61. The maximum atomic E-state index is 12.4. The molecule has 0 aliphatic carbocycles. The van der Waals surface area contributed by atoms with Crippen molar-refractivity contribution in [2.75, 3.05) is 6.26 Å². The highest BCUT2D eigenvalue weighted by atomic mass is 35.5. The van der Waals surface area contributed by atoms with E-state index in [2.05, 4.69) is 4.72 Å². The van der Waals surface area contributed by atoms with E-state index in [9.17, 15) is 16.8 Å². The van der Waals surface area contributed by atoms with E-state index >= 15 is 0 Å². The molecule has 2 aromatic rings. The van der Waals surface area contributed by atoms with Gasteiger partial charge in [-0.3, -0.25) is 0 Å². The third-order valence-electron chi connectivity index (χ3n) is 3.34. The second kappa shape index (κ2) is 7.01. The van der Waals surface area contributed by atoms with Gasteiger partial charge in [0.25, 0.3) is 0 Å². The number of benzene rings is 2. The number of nitrogens with one attached hydrogen (secondary N) is 1. The van der Waals surface area contributed by atoms with Crippen LogP contribution in [0, 0.1) is 0 Å². The van der Waals surface area contributed by atoms with Crippen LogP contribution in [0.4, 0.5) is 0 Å². The molecule has 2 rings (SSSR count). The predicted molar refractivity (Wildman–Crippen MR) is 94.8 cm³/mol. The van der Waals surface area contributed by atoms with Crippen molar-refractivity contribution >= 4 is 43.1 Å². The zero-order valence-corrected chi connectivity index (χ0v) is 16.0. The van der Waals surface area contributed by atoms with Gasteiger partial charge in [0.05, 0.1) is 19.8 Å². The molecular formula is C15H15Cl2NO4S2. The fraction of sp³-hybridized carbons (Fsp3) is 0.200. The van der Waals surface area contributed by atoms with Crippen LogP contribution in [-0.2, 0) is 19.9 Å². The number of rotatable bonds is 5. The number of hydrogen-bond donors (Lipinski definition) is 1. The van der Waals surface area contributed by atoms with Crippen LogP contribution in [-0.4, -0.2) is 23.1 Å². The van der Waals surface area contributed by atoms with Gasteiger partial charge in [-0.1, -0.05) is 35.3 Å². The van der Waals surface area contributed by atoms with E-state index < -0.39 is 25.9 Å². The highest BCUT2D eigenvalue weighted by molar-refractivity contribution is 7.90. The van der Waals surface area contributed by atoms with Gasteiger partial charge >= 0.3 is 0 Å². The summed E-state index contributed by atoms with van der Waals surface area (Å²) in [6, 6.07) is 9.49. The van der Waals surface area contributed by atoms with Gasteiger partial charge in [0, 0.05) is 12.3 Å². The van der Waals surface area contributed by atoms with Gasteiger partial charge in [0.15, 0.2) is 9.84 Å². The molecule has 2 aromatic carbocycles. The minimum atomic E-state index is -3.80. The van der Waals surface area contributed by atoms with Crippen LogP contribution >= 0.6 is 23.2 Å². The fourth-order valence-electron chi connectivity index (χ4n) is 2.02. The highest BCUT2D eigenvalue weighted by Gasteiger charge is 2.19. The van der Waals surface area contributed by atoms with E-state index in [0.29, 0.717) is 5.56 Å². The standard InChI is InChI=1S/C15H15Cl2NO4S2/c1-10(11-3-5-12(6-4-11)23(2,19)20)18-24(21,22)13-7-8-14(16)15(17)9-13/h3-10,18H,1-2H3. The topological polar surface area (TPSA) is 80.3 Å². The van der Waals surface area contributed by atoms with E-state index in [-0.39, 0.29) is 19.8 Å². The SMILES string of the molecule is CC(NS(=O)(=O)c1ccc(Cl)c(Cl)c1)c1ccc(S(C)(=O)=O)cc1. The molecule has 130 valence electrons. The van der Waals surface area contributed by atoms with E-state index in [4.69, 9.17) is 23.2 Å². The average molecular weight is 408 g/mol. The molecule has 0 spiro atoms. The molecule has 0 radical (unpaired) electrons. The zero-order valence-electron chi connectivity index (χ0n) is 12.8. The lowest BCUT2D eigenvalue weighted by Gasteiger charge is -2.15. The van der Waals surface area contributed by atoms with Gasteiger partial charge in [-0.25, -0.2) is 21.6 Å². The Morgan fingerprint density at radius 3 is 1.92 bits per heavy atom. The number of sulfone groups is 1. The summed E-state index contributed by atoms with van der Waals surface area (Å²) in [5.74, 6) is 0. The molecule has 0 fully saturated rings. The summed E-state index contributed by atoms with van der Waals surface area (Å²) >= 11 is 11.6. The van der Waals surface area contributed by atoms with Crippen molar-refractivity contribution in [1.29, 1.82) is 0 Å². The smallest absolute Gasteiger partial charge is 0.224 e. The average Bonchev–Trinajstić information content (AvgIpc) is 2.48. The second-order valence-electron chi connectivity index (χ2n) is 5.26. The zero-order chi connectivity index (χ0) is 18.1. The van der Waals surface area contributed by atoms with Crippen LogP contribution in [0.25, 0.3) is 0 Å². The van der Waals surface area contributed by atoms with Crippen LogP contribution in [0.3, 0.4) is 0 Å². The minimum Gasteiger partial charge on any atom is -0.224 e. The molecule has 1 unspecified atom stereocenters. The van der Waals surface area contributed by atoms with Gasteiger partial charge in [-0.2, -0.15) is 0 Å². The third kappa shape index (κ3) is 4.49.